The van der Waals surface area contributed by atoms with Crippen LogP contribution in [0.2, 0.25) is 0 Å². The zero-order chi connectivity index (χ0) is 13.9. The molecule has 6 heteroatoms. The van der Waals surface area contributed by atoms with Gasteiger partial charge in [-0.2, -0.15) is 10.4 Å². The quantitative estimate of drug-likeness (QED) is 0.902. The van der Waals surface area contributed by atoms with Crippen LogP contribution in [-0.4, -0.2) is 34.1 Å². The lowest BCUT2D eigenvalue weighted by Crippen LogP contribution is -2.34. The SMILES string of the molecule is N#CC1=CCN(C(=O)c2cc(-c3ccco3)[nH]n2)CC1. The Labute approximate surface area is 115 Å². The van der Waals surface area contributed by atoms with Crippen molar-refractivity contribution in [3.8, 4) is 17.5 Å². The summed E-state index contributed by atoms with van der Waals surface area (Å²) in [6.07, 6.45) is 3.94. The molecule has 3 rings (SSSR count). The number of rotatable bonds is 2. The molecular weight excluding hydrogens is 256 g/mol. The van der Waals surface area contributed by atoms with Crippen molar-refractivity contribution in [3.63, 3.8) is 0 Å². The second kappa shape index (κ2) is 5.05. The minimum atomic E-state index is -0.146. The summed E-state index contributed by atoms with van der Waals surface area (Å²) in [5.41, 5.74) is 1.75. The lowest BCUT2D eigenvalue weighted by atomic mass is 10.1. The number of nitrogens with one attached hydrogen (secondary N) is 1. The molecule has 0 aliphatic carbocycles. The standard InChI is InChI=1S/C14H12N4O2/c15-9-10-3-5-18(6-4-10)14(19)12-8-11(16-17-12)13-2-1-7-20-13/h1-3,7-8H,4-6H2,(H,16,17). The van der Waals surface area contributed by atoms with Gasteiger partial charge in [0.2, 0.25) is 0 Å². The molecule has 1 aliphatic rings. The van der Waals surface area contributed by atoms with E-state index in [-0.39, 0.29) is 5.91 Å². The summed E-state index contributed by atoms with van der Waals surface area (Å²) >= 11 is 0. The molecule has 0 unspecified atom stereocenters. The first-order chi connectivity index (χ1) is 9.78. The highest BCUT2D eigenvalue weighted by Crippen LogP contribution is 2.19. The van der Waals surface area contributed by atoms with E-state index in [4.69, 9.17) is 9.68 Å². The molecule has 20 heavy (non-hydrogen) atoms. The molecule has 1 aliphatic heterocycles. The summed E-state index contributed by atoms with van der Waals surface area (Å²) in [4.78, 5) is 13.9. The van der Waals surface area contributed by atoms with E-state index >= 15 is 0 Å². The zero-order valence-electron chi connectivity index (χ0n) is 10.7. The van der Waals surface area contributed by atoms with Crippen molar-refractivity contribution in [2.75, 3.05) is 13.1 Å². The smallest absolute Gasteiger partial charge is 0.274 e. The number of nitrogens with zero attached hydrogens (tertiary/aromatic N) is 3. The molecule has 0 bridgehead atoms. The molecule has 1 N–H and O–H groups in total. The average molecular weight is 268 g/mol. The fourth-order valence-corrected chi connectivity index (χ4v) is 2.11. The first-order valence-corrected chi connectivity index (χ1v) is 6.25. The molecule has 3 heterocycles. The maximum absolute atomic E-state index is 12.3. The molecule has 0 radical (unpaired) electrons. The number of H-pyrrole nitrogens is 1. The summed E-state index contributed by atoms with van der Waals surface area (Å²) in [5.74, 6) is 0.495. The molecule has 0 fully saturated rings. The Morgan fingerprint density at radius 2 is 2.45 bits per heavy atom. The Balaban J connectivity index is 1.76. The summed E-state index contributed by atoms with van der Waals surface area (Å²) in [7, 11) is 0. The average Bonchev–Trinajstić information content (AvgIpc) is 3.17. The molecule has 0 saturated carbocycles. The predicted octanol–water partition coefficient (Wildman–Crippen LogP) is 1.97. The Morgan fingerprint density at radius 3 is 3.10 bits per heavy atom. The highest BCUT2D eigenvalue weighted by molar-refractivity contribution is 5.93. The van der Waals surface area contributed by atoms with Gasteiger partial charge in [0.25, 0.3) is 5.91 Å². The largest absolute Gasteiger partial charge is 0.463 e. The molecule has 100 valence electrons. The molecule has 6 nitrogen and oxygen atoms in total. The van der Waals surface area contributed by atoms with E-state index in [0.717, 1.165) is 5.57 Å². The van der Waals surface area contributed by atoms with Gasteiger partial charge >= 0.3 is 0 Å². The van der Waals surface area contributed by atoms with Gasteiger partial charge in [0.15, 0.2) is 11.5 Å². The number of furan rings is 1. The maximum atomic E-state index is 12.3. The van der Waals surface area contributed by atoms with Gasteiger partial charge in [-0.3, -0.25) is 9.89 Å². The van der Waals surface area contributed by atoms with Gasteiger partial charge in [-0.15, -0.1) is 0 Å². The van der Waals surface area contributed by atoms with E-state index in [1.54, 1.807) is 35.4 Å². The Morgan fingerprint density at radius 1 is 1.55 bits per heavy atom. The van der Waals surface area contributed by atoms with Crippen LogP contribution in [0.15, 0.2) is 40.5 Å². The van der Waals surface area contributed by atoms with Crippen molar-refractivity contribution >= 4 is 5.91 Å². The van der Waals surface area contributed by atoms with Gasteiger partial charge in [0.05, 0.1) is 12.3 Å². The second-order valence-corrected chi connectivity index (χ2v) is 4.49. The number of amides is 1. The number of carbonyl (C=O) groups excluding carboxylic acids is 1. The third kappa shape index (κ3) is 2.21. The molecule has 0 atom stereocenters. The summed E-state index contributed by atoms with van der Waals surface area (Å²) in [6, 6.07) is 7.36. The number of hydrogen-bond donors (Lipinski definition) is 1. The van der Waals surface area contributed by atoms with Crippen LogP contribution in [0.4, 0.5) is 0 Å². The first-order valence-electron chi connectivity index (χ1n) is 6.25. The number of aromatic nitrogens is 2. The van der Waals surface area contributed by atoms with Crippen LogP contribution in [0.1, 0.15) is 16.9 Å². The second-order valence-electron chi connectivity index (χ2n) is 4.49. The summed E-state index contributed by atoms with van der Waals surface area (Å²) < 4.78 is 5.25. The van der Waals surface area contributed by atoms with Crippen molar-refractivity contribution < 1.29 is 9.21 Å². The third-order valence-electron chi connectivity index (χ3n) is 3.22. The summed E-state index contributed by atoms with van der Waals surface area (Å²) in [6.45, 7) is 0.992. The monoisotopic (exact) mass is 268 g/mol. The van der Waals surface area contributed by atoms with Gasteiger partial charge in [0, 0.05) is 24.7 Å². The fraction of sp³-hybridized carbons (Fsp3) is 0.214. The minimum Gasteiger partial charge on any atom is -0.463 e. The van der Waals surface area contributed by atoms with Gasteiger partial charge in [-0.1, -0.05) is 6.08 Å². The van der Waals surface area contributed by atoms with Crippen LogP contribution < -0.4 is 0 Å². The highest BCUT2D eigenvalue weighted by Gasteiger charge is 2.21. The van der Waals surface area contributed by atoms with Crippen LogP contribution in [0, 0.1) is 11.3 Å². The first kappa shape index (κ1) is 12.2. The van der Waals surface area contributed by atoms with Crippen LogP contribution in [0.25, 0.3) is 11.5 Å². The number of nitriles is 1. The van der Waals surface area contributed by atoms with Gasteiger partial charge in [-0.05, 0) is 18.6 Å². The predicted molar refractivity (Wildman–Crippen MR) is 70.5 cm³/mol. The van der Waals surface area contributed by atoms with E-state index in [9.17, 15) is 4.79 Å². The van der Waals surface area contributed by atoms with Crippen molar-refractivity contribution in [1.29, 1.82) is 5.26 Å². The maximum Gasteiger partial charge on any atom is 0.274 e. The molecule has 2 aromatic heterocycles. The minimum absolute atomic E-state index is 0.146. The number of hydrogen-bond acceptors (Lipinski definition) is 4. The highest BCUT2D eigenvalue weighted by atomic mass is 16.3. The van der Waals surface area contributed by atoms with Gasteiger partial charge in [0.1, 0.15) is 5.69 Å². The van der Waals surface area contributed by atoms with Crippen LogP contribution in [0.3, 0.4) is 0 Å². The van der Waals surface area contributed by atoms with Crippen molar-refractivity contribution in [1.82, 2.24) is 15.1 Å². The van der Waals surface area contributed by atoms with Crippen LogP contribution >= 0.6 is 0 Å². The Kier molecular flexibility index (Phi) is 3.09. The van der Waals surface area contributed by atoms with E-state index in [0.29, 0.717) is 36.7 Å². The van der Waals surface area contributed by atoms with Crippen LogP contribution in [-0.2, 0) is 0 Å². The molecule has 2 aromatic rings. The van der Waals surface area contributed by atoms with E-state index in [2.05, 4.69) is 16.3 Å². The molecular formula is C14H12N4O2. The number of aromatic amines is 1. The van der Waals surface area contributed by atoms with Crippen molar-refractivity contribution in [2.24, 2.45) is 0 Å². The third-order valence-corrected chi connectivity index (χ3v) is 3.22. The van der Waals surface area contributed by atoms with Crippen molar-refractivity contribution in [3.05, 3.63) is 41.8 Å². The lowest BCUT2D eigenvalue weighted by molar-refractivity contribution is 0.0764. The molecule has 0 spiro atoms. The molecule has 0 aromatic carbocycles. The molecule has 1 amide bonds. The summed E-state index contributed by atoms with van der Waals surface area (Å²) in [5, 5.41) is 15.6. The Hall–Kier alpha value is -2.81. The topological polar surface area (TPSA) is 85.9 Å². The number of carbonyl (C=O) groups is 1. The van der Waals surface area contributed by atoms with Crippen molar-refractivity contribution in [2.45, 2.75) is 6.42 Å². The fourth-order valence-electron chi connectivity index (χ4n) is 2.11. The van der Waals surface area contributed by atoms with E-state index in [1.165, 1.54) is 0 Å². The zero-order valence-corrected chi connectivity index (χ0v) is 10.7. The van der Waals surface area contributed by atoms with E-state index in [1.807, 2.05) is 0 Å². The van der Waals surface area contributed by atoms with Crippen LogP contribution in [0.5, 0.6) is 0 Å². The Bertz CT molecular complexity index is 691. The normalized spacial score (nSPS) is 14.8. The molecule has 0 saturated heterocycles. The van der Waals surface area contributed by atoms with E-state index < -0.39 is 0 Å². The van der Waals surface area contributed by atoms with Gasteiger partial charge in [-0.25, -0.2) is 0 Å². The van der Waals surface area contributed by atoms with Gasteiger partial charge < -0.3 is 9.32 Å². The lowest BCUT2D eigenvalue weighted by Gasteiger charge is -2.23.